The highest BCUT2D eigenvalue weighted by Gasteiger charge is 2.18. The molecule has 0 aromatic carbocycles. The fraction of sp³-hybridized carbons (Fsp3) is 0.632. The SMILES string of the molecule is C/C=C(/C)c1cc(C(C)C)nc(C(C)C)c1OCCCC. The van der Waals surface area contributed by atoms with E-state index in [9.17, 15) is 0 Å². The Hall–Kier alpha value is -1.31. The summed E-state index contributed by atoms with van der Waals surface area (Å²) in [6.07, 6.45) is 4.38. The maximum Gasteiger partial charge on any atom is 0.148 e. The number of aromatic nitrogens is 1. The maximum atomic E-state index is 6.12. The Morgan fingerprint density at radius 3 is 2.38 bits per heavy atom. The van der Waals surface area contributed by atoms with E-state index >= 15 is 0 Å². The van der Waals surface area contributed by atoms with Gasteiger partial charge in [-0.25, -0.2) is 0 Å². The summed E-state index contributed by atoms with van der Waals surface area (Å²) in [7, 11) is 0. The number of hydrogen-bond donors (Lipinski definition) is 0. The largest absolute Gasteiger partial charge is 0.491 e. The van der Waals surface area contributed by atoms with Crippen LogP contribution in [0.25, 0.3) is 5.57 Å². The molecule has 0 unspecified atom stereocenters. The Balaban J connectivity index is 3.39. The molecule has 0 saturated carbocycles. The minimum Gasteiger partial charge on any atom is -0.491 e. The van der Waals surface area contributed by atoms with E-state index in [2.05, 4.69) is 60.6 Å². The number of unbranched alkanes of at least 4 members (excludes halogenated alkanes) is 1. The van der Waals surface area contributed by atoms with Crippen molar-refractivity contribution < 1.29 is 4.74 Å². The third-order valence-corrected chi connectivity index (χ3v) is 3.76. The van der Waals surface area contributed by atoms with Gasteiger partial charge < -0.3 is 4.74 Å². The first-order valence-electron chi connectivity index (χ1n) is 8.23. The summed E-state index contributed by atoms with van der Waals surface area (Å²) in [5, 5.41) is 0. The maximum absolute atomic E-state index is 6.12. The number of ether oxygens (including phenoxy) is 1. The lowest BCUT2D eigenvalue weighted by Gasteiger charge is -2.20. The normalized spacial score (nSPS) is 12.3. The smallest absolute Gasteiger partial charge is 0.148 e. The van der Waals surface area contributed by atoms with Crippen LogP contribution in [-0.4, -0.2) is 11.6 Å². The van der Waals surface area contributed by atoms with Crippen LogP contribution < -0.4 is 4.74 Å². The Labute approximate surface area is 130 Å². The zero-order chi connectivity index (χ0) is 16.0. The lowest BCUT2D eigenvalue weighted by molar-refractivity contribution is 0.302. The van der Waals surface area contributed by atoms with Crippen molar-refractivity contribution in [3.05, 3.63) is 29.1 Å². The Kier molecular flexibility index (Phi) is 6.94. The van der Waals surface area contributed by atoms with Crippen LogP contribution in [0.1, 0.15) is 90.1 Å². The van der Waals surface area contributed by atoms with Gasteiger partial charge in [0.1, 0.15) is 5.75 Å². The van der Waals surface area contributed by atoms with Gasteiger partial charge >= 0.3 is 0 Å². The monoisotopic (exact) mass is 289 g/mol. The summed E-state index contributed by atoms with van der Waals surface area (Å²) >= 11 is 0. The van der Waals surface area contributed by atoms with Crippen molar-refractivity contribution in [3.63, 3.8) is 0 Å². The van der Waals surface area contributed by atoms with Crippen LogP contribution in [0.3, 0.4) is 0 Å². The van der Waals surface area contributed by atoms with E-state index in [1.165, 1.54) is 11.1 Å². The molecule has 0 bridgehead atoms. The highest BCUT2D eigenvalue weighted by molar-refractivity contribution is 5.70. The van der Waals surface area contributed by atoms with Crippen molar-refractivity contribution in [2.45, 2.75) is 73.1 Å². The molecule has 0 aliphatic carbocycles. The van der Waals surface area contributed by atoms with Gasteiger partial charge in [0, 0.05) is 11.3 Å². The van der Waals surface area contributed by atoms with Crippen LogP contribution in [0.4, 0.5) is 0 Å². The quantitative estimate of drug-likeness (QED) is 0.580. The Morgan fingerprint density at radius 2 is 1.90 bits per heavy atom. The van der Waals surface area contributed by atoms with Crippen molar-refractivity contribution in [1.29, 1.82) is 0 Å². The molecule has 1 aromatic heterocycles. The molecular weight excluding hydrogens is 258 g/mol. The number of nitrogens with zero attached hydrogens (tertiary/aromatic N) is 1. The first-order valence-corrected chi connectivity index (χ1v) is 8.23. The second-order valence-corrected chi connectivity index (χ2v) is 6.29. The molecule has 1 rings (SSSR count). The molecule has 118 valence electrons. The topological polar surface area (TPSA) is 22.1 Å². The van der Waals surface area contributed by atoms with Gasteiger partial charge in [-0.1, -0.05) is 47.1 Å². The van der Waals surface area contributed by atoms with E-state index in [0.29, 0.717) is 11.8 Å². The highest BCUT2D eigenvalue weighted by Crippen LogP contribution is 2.35. The summed E-state index contributed by atoms with van der Waals surface area (Å²) in [5.41, 5.74) is 4.70. The Morgan fingerprint density at radius 1 is 1.24 bits per heavy atom. The molecule has 2 nitrogen and oxygen atoms in total. The highest BCUT2D eigenvalue weighted by atomic mass is 16.5. The lowest BCUT2D eigenvalue weighted by atomic mass is 9.97. The predicted molar refractivity (Wildman–Crippen MR) is 92.1 cm³/mol. The van der Waals surface area contributed by atoms with Gasteiger partial charge in [0.2, 0.25) is 0 Å². The summed E-state index contributed by atoms with van der Waals surface area (Å²) in [6.45, 7) is 15.9. The molecule has 0 atom stereocenters. The van der Waals surface area contributed by atoms with Crippen LogP contribution in [0.5, 0.6) is 5.75 Å². The van der Waals surface area contributed by atoms with Crippen LogP contribution >= 0.6 is 0 Å². The molecule has 0 aliphatic heterocycles. The summed E-state index contributed by atoms with van der Waals surface area (Å²) in [4.78, 5) is 4.88. The molecule has 0 fully saturated rings. The van der Waals surface area contributed by atoms with Crippen LogP contribution in [0, 0.1) is 0 Å². The van der Waals surface area contributed by atoms with E-state index < -0.39 is 0 Å². The molecule has 0 aliphatic rings. The molecule has 2 heteroatoms. The third kappa shape index (κ3) is 4.59. The van der Waals surface area contributed by atoms with Crippen LogP contribution in [0.2, 0.25) is 0 Å². The van der Waals surface area contributed by atoms with E-state index in [1.54, 1.807) is 0 Å². The molecular formula is C19H31NO. The molecule has 0 saturated heterocycles. The number of rotatable bonds is 7. The van der Waals surface area contributed by atoms with Gasteiger partial charge in [-0.3, -0.25) is 4.98 Å². The average molecular weight is 289 g/mol. The van der Waals surface area contributed by atoms with Gasteiger partial charge in [-0.05, 0) is 43.7 Å². The number of hydrogen-bond acceptors (Lipinski definition) is 2. The van der Waals surface area contributed by atoms with E-state index in [1.807, 2.05) is 0 Å². The average Bonchev–Trinajstić information content (AvgIpc) is 2.45. The fourth-order valence-electron chi connectivity index (χ4n) is 2.18. The molecule has 21 heavy (non-hydrogen) atoms. The van der Waals surface area contributed by atoms with E-state index in [4.69, 9.17) is 9.72 Å². The van der Waals surface area contributed by atoms with Crippen molar-refractivity contribution in [3.8, 4) is 5.75 Å². The third-order valence-electron chi connectivity index (χ3n) is 3.76. The molecule has 0 N–H and O–H groups in total. The molecule has 1 heterocycles. The molecule has 0 amide bonds. The first kappa shape index (κ1) is 17.7. The Bertz CT molecular complexity index is 487. The first-order chi connectivity index (χ1) is 9.92. The van der Waals surface area contributed by atoms with Crippen molar-refractivity contribution in [2.75, 3.05) is 6.61 Å². The molecule has 1 aromatic rings. The second kappa shape index (κ2) is 8.21. The summed E-state index contributed by atoms with van der Waals surface area (Å²) < 4.78 is 6.12. The molecule has 0 radical (unpaired) electrons. The van der Waals surface area contributed by atoms with Gasteiger partial charge in [0.05, 0.1) is 12.3 Å². The second-order valence-electron chi connectivity index (χ2n) is 6.29. The zero-order valence-corrected chi connectivity index (χ0v) is 14.8. The number of pyridine rings is 1. The van der Waals surface area contributed by atoms with Crippen molar-refractivity contribution in [2.24, 2.45) is 0 Å². The van der Waals surface area contributed by atoms with Crippen LogP contribution in [0.15, 0.2) is 12.1 Å². The summed E-state index contributed by atoms with van der Waals surface area (Å²) in [6, 6.07) is 2.20. The van der Waals surface area contributed by atoms with Gasteiger partial charge in [0.15, 0.2) is 0 Å². The van der Waals surface area contributed by atoms with E-state index in [0.717, 1.165) is 36.6 Å². The molecule has 0 spiro atoms. The predicted octanol–water partition coefficient (Wildman–Crippen LogP) is 5.93. The minimum atomic E-state index is 0.365. The summed E-state index contributed by atoms with van der Waals surface area (Å²) in [5.74, 6) is 1.78. The van der Waals surface area contributed by atoms with Crippen molar-refractivity contribution in [1.82, 2.24) is 4.98 Å². The fourth-order valence-corrected chi connectivity index (χ4v) is 2.18. The van der Waals surface area contributed by atoms with Crippen LogP contribution in [-0.2, 0) is 0 Å². The minimum absolute atomic E-state index is 0.365. The van der Waals surface area contributed by atoms with Crippen molar-refractivity contribution >= 4 is 5.57 Å². The van der Waals surface area contributed by atoms with Gasteiger partial charge in [-0.2, -0.15) is 0 Å². The lowest BCUT2D eigenvalue weighted by Crippen LogP contribution is -2.09. The number of allylic oxidation sites excluding steroid dienone is 2. The van der Waals surface area contributed by atoms with E-state index in [-0.39, 0.29) is 0 Å². The zero-order valence-electron chi connectivity index (χ0n) is 14.8. The van der Waals surface area contributed by atoms with Gasteiger partial charge in [0.25, 0.3) is 0 Å². The standard InChI is InChI=1S/C19H31NO/c1-8-10-11-21-19-16(15(7)9-2)12-17(13(3)4)20-18(19)14(5)6/h9,12-14H,8,10-11H2,1-7H3/b15-9-. The van der Waals surface area contributed by atoms with Gasteiger partial charge in [-0.15, -0.1) is 0 Å².